The van der Waals surface area contributed by atoms with Crippen LogP contribution >= 0.6 is 11.6 Å². The van der Waals surface area contributed by atoms with Gasteiger partial charge in [0.1, 0.15) is 4.90 Å². The van der Waals surface area contributed by atoms with E-state index in [1.807, 2.05) is 0 Å². The van der Waals surface area contributed by atoms with Crippen LogP contribution in [0.25, 0.3) is 0 Å². The van der Waals surface area contributed by atoms with Crippen molar-refractivity contribution < 1.29 is 13.3 Å². The zero-order chi connectivity index (χ0) is 13.2. The Morgan fingerprint density at radius 2 is 2.06 bits per heavy atom. The number of alkyl halides is 1. The molecule has 0 amide bonds. The molecule has 0 fully saturated rings. The van der Waals surface area contributed by atoms with Crippen LogP contribution in [0.15, 0.2) is 23.1 Å². The van der Waals surface area contributed by atoms with Crippen molar-refractivity contribution in [3.05, 3.63) is 33.9 Å². The summed E-state index contributed by atoms with van der Waals surface area (Å²) >= 11 is 5.51. The van der Waals surface area contributed by atoms with E-state index in [-0.39, 0.29) is 10.8 Å². The summed E-state index contributed by atoms with van der Waals surface area (Å²) in [7, 11) is -3.76. The third-order valence-corrected chi connectivity index (χ3v) is 5.18. The maximum Gasteiger partial charge on any atom is 0.288 e. The smallest absolute Gasteiger partial charge is 0.258 e. The first-order valence-corrected chi connectivity index (χ1v) is 6.93. The summed E-state index contributed by atoms with van der Waals surface area (Å²) in [4.78, 5) is 9.83. The fraction of sp³-hybridized carbons (Fsp3) is 0.400. The minimum atomic E-state index is -3.76. The van der Waals surface area contributed by atoms with Gasteiger partial charge in [-0.25, -0.2) is 8.42 Å². The predicted molar refractivity (Wildman–Crippen MR) is 65.2 cm³/mol. The molecule has 7 heteroatoms. The van der Waals surface area contributed by atoms with Crippen molar-refractivity contribution in [1.82, 2.24) is 0 Å². The highest BCUT2D eigenvalue weighted by Crippen LogP contribution is 2.28. The molecule has 0 spiro atoms. The van der Waals surface area contributed by atoms with Crippen LogP contribution in [0, 0.1) is 17.0 Å². The summed E-state index contributed by atoms with van der Waals surface area (Å²) in [5.41, 5.74) is 0.239. The van der Waals surface area contributed by atoms with Gasteiger partial charge >= 0.3 is 0 Å². The minimum absolute atomic E-state index is 0.104. The molecule has 0 heterocycles. The van der Waals surface area contributed by atoms with Gasteiger partial charge in [0.05, 0.1) is 10.2 Å². The summed E-state index contributed by atoms with van der Waals surface area (Å²) in [5.74, 6) is -0.104. The Balaban J connectivity index is 3.49. The van der Waals surface area contributed by atoms with Gasteiger partial charge in [-0.3, -0.25) is 10.1 Å². The second kappa shape index (κ2) is 5.01. The van der Waals surface area contributed by atoms with E-state index < -0.39 is 25.7 Å². The SMILES string of the molecule is Cc1ccc([N+](=O)[O-])c(S(=O)(=O)C(C)CCl)c1. The molecule has 0 saturated heterocycles. The Morgan fingerprint density at radius 1 is 1.47 bits per heavy atom. The standard InChI is InChI=1S/C10H12ClNO4S/c1-7-3-4-9(12(13)14)10(5-7)17(15,16)8(2)6-11/h3-5,8H,6H2,1-2H3. The van der Waals surface area contributed by atoms with E-state index in [0.29, 0.717) is 5.56 Å². The van der Waals surface area contributed by atoms with Crippen molar-refractivity contribution in [2.75, 3.05) is 5.88 Å². The van der Waals surface area contributed by atoms with Gasteiger partial charge in [-0.15, -0.1) is 11.6 Å². The van der Waals surface area contributed by atoms with Crippen molar-refractivity contribution >= 4 is 27.1 Å². The second-order valence-electron chi connectivity index (χ2n) is 3.74. The Hall–Kier alpha value is -1.14. The molecule has 0 bridgehead atoms. The molecule has 1 unspecified atom stereocenters. The molecule has 0 saturated carbocycles. The highest BCUT2D eigenvalue weighted by Gasteiger charge is 2.30. The number of sulfone groups is 1. The summed E-state index contributed by atoms with van der Waals surface area (Å²) in [6, 6.07) is 4.00. The van der Waals surface area contributed by atoms with Crippen LogP contribution in [-0.4, -0.2) is 24.5 Å². The molecular weight excluding hydrogens is 266 g/mol. The van der Waals surface area contributed by atoms with Crippen LogP contribution in [-0.2, 0) is 9.84 Å². The summed E-state index contributed by atoms with van der Waals surface area (Å²) in [6.07, 6.45) is 0. The van der Waals surface area contributed by atoms with Gasteiger partial charge in [-0.05, 0) is 25.5 Å². The van der Waals surface area contributed by atoms with Crippen LogP contribution in [0.4, 0.5) is 5.69 Å². The van der Waals surface area contributed by atoms with Gasteiger partial charge in [-0.1, -0.05) is 6.07 Å². The molecule has 0 N–H and O–H groups in total. The third kappa shape index (κ3) is 2.76. The summed E-state index contributed by atoms with van der Waals surface area (Å²) in [5, 5.41) is 9.94. The van der Waals surface area contributed by atoms with Crippen molar-refractivity contribution in [3.8, 4) is 0 Å². The first-order valence-electron chi connectivity index (χ1n) is 4.85. The van der Waals surface area contributed by atoms with Gasteiger partial charge in [0, 0.05) is 11.9 Å². The lowest BCUT2D eigenvalue weighted by Crippen LogP contribution is -2.20. The van der Waals surface area contributed by atoms with Crippen molar-refractivity contribution in [1.29, 1.82) is 0 Å². The lowest BCUT2D eigenvalue weighted by molar-refractivity contribution is -0.387. The lowest BCUT2D eigenvalue weighted by Gasteiger charge is -2.10. The molecule has 1 aromatic carbocycles. The van der Waals surface area contributed by atoms with Crippen LogP contribution in [0.1, 0.15) is 12.5 Å². The highest BCUT2D eigenvalue weighted by atomic mass is 35.5. The Kier molecular flexibility index (Phi) is 4.11. The van der Waals surface area contributed by atoms with Crippen molar-refractivity contribution in [3.63, 3.8) is 0 Å². The van der Waals surface area contributed by atoms with Crippen LogP contribution < -0.4 is 0 Å². The van der Waals surface area contributed by atoms with E-state index in [1.54, 1.807) is 6.92 Å². The molecule has 5 nitrogen and oxygen atoms in total. The Morgan fingerprint density at radius 3 is 2.53 bits per heavy atom. The van der Waals surface area contributed by atoms with Gasteiger partial charge in [0.15, 0.2) is 9.84 Å². The van der Waals surface area contributed by atoms with E-state index in [1.165, 1.54) is 25.1 Å². The number of rotatable bonds is 4. The van der Waals surface area contributed by atoms with Gasteiger partial charge in [0.2, 0.25) is 0 Å². The molecule has 0 aliphatic heterocycles. The topological polar surface area (TPSA) is 77.3 Å². The molecule has 0 aliphatic rings. The van der Waals surface area contributed by atoms with Crippen LogP contribution in [0.2, 0.25) is 0 Å². The normalized spacial score (nSPS) is 13.4. The monoisotopic (exact) mass is 277 g/mol. The van der Waals surface area contributed by atoms with Gasteiger partial charge in [0.25, 0.3) is 5.69 Å². The fourth-order valence-electron chi connectivity index (χ4n) is 1.30. The average molecular weight is 278 g/mol. The Bertz CT molecular complexity index is 541. The van der Waals surface area contributed by atoms with E-state index in [9.17, 15) is 18.5 Å². The molecule has 17 heavy (non-hydrogen) atoms. The first kappa shape index (κ1) is 13.9. The third-order valence-electron chi connectivity index (χ3n) is 2.37. The van der Waals surface area contributed by atoms with Gasteiger partial charge in [-0.2, -0.15) is 0 Å². The quantitative estimate of drug-likeness (QED) is 0.481. The van der Waals surface area contributed by atoms with Crippen molar-refractivity contribution in [2.45, 2.75) is 24.0 Å². The number of hydrogen-bond donors (Lipinski definition) is 0. The molecule has 0 radical (unpaired) electrons. The second-order valence-corrected chi connectivity index (χ2v) is 6.38. The largest absolute Gasteiger partial charge is 0.288 e. The number of hydrogen-bond acceptors (Lipinski definition) is 4. The molecule has 0 aromatic heterocycles. The van der Waals surface area contributed by atoms with E-state index in [2.05, 4.69) is 0 Å². The van der Waals surface area contributed by atoms with Crippen LogP contribution in [0.5, 0.6) is 0 Å². The number of nitrogens with zero attached hydrogens (tertiary/aromatic N) is 1. The minimum Gasteiger partial charge on any atom is -0.258 e. The number of aryl methyl sites for hydroxylation is 1. The van der Waals surface area contributed by atoms with Gasteiger partial charge < -0.3 is 0 Å². The van der Waals surface area contributed by atoms with E-state index in [0.717, 1.165) is 0 Å². The maximum absolute atomic E-state index is 12.1. The number of benzene rings is 1. The fourth-order valence-corrected chi connectivity index (χ4v) is 3.18. The summed E-state index contributed by atoms with van der Waals surface area (Å²) in [6.45, 7) is 3.10. The number of halogens is 1. The van der Waals surface area contributed by atoms with E-state index in [4.69, 9.17) is 11.6 Å². The molecule has 0 aliphatic carbocycles. The summed E-state index contributed by atoms with van der Waals surface area (Å²) < 4.78 is 24.1. The molecule has 1 rings (SSSR count). The number of nitro benzene ring substituents is 1. The zero-order valence-electron chi connectivity index (χ0n) is 9.38. The lowest BCUT2D eigenvalue weighted by atomic mass is 10.2. The Labute approximate surface area is 104 Å². The highest BCUT2D eigenvalue weighted by molar-refractivity contribution is 7.92. The number of nitro groups is 1. The maximum atomic E-state index is 12.1. The molecule has 1 atom stereocenters. The van der Waals surface area contributed by atoms with Crippen LogP contribution in [0.3, 0.4) is 0 Å². The zero-order valence-corrected chi connectivity index (χ0v) is 11.0. The van der Waals surface area contributed by atoms with Crippen molar-refractivity contribution in [2.24, 2.45) is 0 Å². The molecular formula is C10H12ClNO4S. The molecule has 1 aromatic rings. The average Bonchev–Trinajstić information content (AvgIpc) is 2.27. The first-order chi connectivity index (χ1) is 7.80. The molecule has 94 valence electrons. The predicted octanol–water partition coefficient (Wildman–Crippen LogP) is 2.30. The van der Waals surface area contributed by atoms with E-state index >= 15 is 0 Å².